The number of nitrogens with one attached hydrogen (secondary N) is 1. The molecule has 1 N–H and O–H groups in total. The maximum Gasteiger partial charge on any atom is 1.00 e. The van der Waals surface area contributed by atoms with Crippen molar-refractivity contribution in [3.05, 3.63) is 39.4 Å². The molecule has 0 bridgehead atoms. The second-order valence-electron chi connectivity index (χ2n) is 6.95. The molecule has 1 aromatic carbocycles. The first-order valence-corrected chi connectivity index (χ1v) is 8.30. The molecule has 9 heteroatoms. The van der Waals surface area contributed by atoms with Crippen molar-refractivity contribution < 1.29 is 75.2 Å². The number of aromatic nitrogens is 1. The number of rotatable bonds is 3. The average molecular weight is 398 g/mol. The number of hydrogen-bond donors (Lipinski definition) is 1. The Morgan fingerprint density at radius 3 is 2.63 bits per heavy atom. The molecule has 1 amide bonds. The molecular weight excluding hydrogens is 382 g/mol. The molecule has 0 saturated heterocycles. The molecule has 1 saturated carbocycles. The zero-order valence-corrected chi connectivity index (χ0v) is 18.3. The number of carbonyl (C=O) groups excluding carboxylic acids is 2. The van der Waals surface area contributed by atoms with Crippen LogP contribution in [0.4, 0.5) is 4.39 Å². The van der Waals surface area contributed by atoms with E-state index in [1.165, 1.54) is 13.1 Å². The van der Waals surface area contributed by atoms with Crippen molar-refractivity contribution in [1.29, 1.82) is 0 Å². The van der Waals surface area contributed by atoms with Gasteiger partial charge in [-0.25, -0.2) is 4.39 Å². The van der Waals surface area contributed by atoms with Gasteiger partial charge >= 0.3 is 51.4 Å². The van der Waals surface area contributed by atoms with Crippen LogP contribution < -0.4 is 72.0 Å². The minimum absolute atomic E-state index is 0. The third-order valence-electron chi connectivity index (χ3n) is 5.03. The second-order valence-corrected chi connectivity index (χ2v) is 6.95. The predicted octanol–water partition coefficient (Wildman–Crippen LogP) is -2.41. The van der Waals surface area contributed by atoms with E-state index in [-0.39, 0.29) is 86.6 Å². The Labute approximate surface area is 196 Å². The summed E-state index contributed by atoms with van der Waals surface area (Å²) in [5.74, 6) is -2.41. The first-order valence-electron chi connectivity index (χ1n) is 8.30. The summed E-state index contributed by atoms with van der Waals surface area (Å²) < 4.78 is 22.3. The number of amides is 1. The van der Waals surface area contributed by atoms with Gasteiger partial charge in [0.15, 0.2) is 11.2 Å². The third-order valence-corrected chi connectivity index (χ3v) is 5.03. The van der Waals surface area contributed by atoms with E-state index in [0.717, 1.165) is 6.07 Å². The number of nitrogens with zero attached hydrogens (tertiary/aromatic N) is 1. The third kappa shape index (κ3) is 3.15. The van der Waals surface area contributed by atoms with Crippen LogP contribution in [0.15, 0.2) is 17.1 Å². The molecule has 0 unspecified atom stereocenters. The van der Waals surface area contributed by atoms with Gasteiger partial charge in [-0.1, -0.05) is 0 Å². The molecule has 1 atom stereocenters. The van der Waals surface area contributed by atoms with Crippen molar-refractivity contribution in [1.82, 2.24) is 9.88 Å². The number of carboxylic acid groups (broad SMARTS) is 1. The van der Waals surface area contributed by atoms with Crippen LogP contribution in [-0.2, 0) is 10.3 Å². The second kappa shape index (κ2) is 6.96. The van der Waals surface area contributed by atoms with E-state index in [2.05, 4.69) is 5.32 Å². The fourth-order valence-corrected chi connectivity index (χ4v) is 3.72. The molecule has 1 aromatic heterocycles. The van der Waals surface area contributed by atoms with Crippen molar-refractivity contribution in [3.8, 4) is 5.75 Å². The van der Waals surface area contributed by atoms with Gasteiger partial charge in [0, 0.05) is 13.1 Å². The van der Waals surface area contributed by atoms with Gasteiger partial charge in [0.2, 0.25) is 5.91 Å². The summed E-state index contributed by atoms with van der Waals surface area (Å²) in [6.07, 6.45) is 2.33. The number of ether oxygens (including phenoxy) is 1. The molecule has 1 fully saturated rings. The fourth-order valence-electron chi connectivity index (χ4n) is 3.72. The monoisotopic (exact) mass is 398 g/mol. The molecular formula is C18H16FKN2O5. The van der Waals surface area contributed by atoms with E-state index in [9.17, 15) is 23.9 Å². The van der Waals surface area contributed by atoms with Crippen LogP contribution in [0.3, 0.4) is 0 Å². The van der Waals surface area contributed by atoms with Crippen molar-refractivity contribution in [2.24, 2.45) is 0 Å². The van der Waals surface area contributed by atoms with Crippen molar-refractivity contribution in [2.75, 3.05) is 6.61 Å². The Hall–Kier alpha value is -1.26. The average Bonchev–Trinajstić information content (AvgIpc) is 3.31. The summed E-state index contributed by atoms with van der Waals surface area (Å²) in [6.45, 7) is 3.34. The van der Waals surface area contributed by atoms with E-state index in [0.29, 0.717) is 18.4 Å². The summed E-state index contributed by atoms with van der Waals surface area (Å²) in [4.78, 5) is 35.3. The van der Waals surface area contributed by atoms with Gasteiger partial charge in [0.25, 0.3) is 0 Å². The molecule has 2 aromatic rings. The van der Waals surface area contributed by atoms with Crippen LogP contribution >= 0.6 is 0 Å². The molecule has 27 heavy (non-hydrogen) atoms. The quantitative estimate of drug-likeness (QED) is 0.581. The normalized spacial score (nSPS) is 19.0. The number of carboxylic acids is 1. The molecule has 4 rings (SSSR count). The summed E-state index contributed by atoms with van der Waals surface area (Å²) in [7, 11) is 0. The minimum atomic E-state index is -1.61. The van der Waals surface area contributed by atoms with Gasteiger partial charge < -0.3 is 24.5 Å². The molecule has 0 radical (unpaired) electrons. The van der Waals surface area contributed by atoms with Crippen LogP contribution in [0, 0.1) is 5.82 Å². The van der Waals surface area contributed by atoms with Crippen LogP contribution in [0.25, 0.3) is 10.9 Å². The fraction of sp³-hybridized carbons (Fsp3) is 0.389. The molecule has 2 aliphatic rings. The van der Waals surface area contributed by atoms with E-state index in [1.807, 2.05) is 0 Å². The largest absolute Gasteiger partial charge is 1.00 e. The first-order chi connectivity index (χ1) is 12.2. The standard InChI is InChI=1S/C18H17FN2O5.K/c1-8-7-26-16-13(18(3-4-18)20-9(2)22)12(19)5-10-14(16)21(8)6-11(15(10)23)17(24)25;/h5-6,8H,3-4,7H2,1-2H3,(H,20,22)(H,24,25);/q;+1/p-1/t8-;/m0./s1. The Kier molecular flexibility index (Phi) is 5.28. The maximum atomic E-state index is 15.0. The molecule has 2 heterocycles. The first kappa shape index (κ1) is 20.5. The Morgan fingerprint density at radius 2 is 2.07 bits per heavy atom. The van der Waals surface area contributed by atoms with E-state index < -0.39 is 28.3 Å². The van der Waals surface area contributed by atoms with Gasteiger partial charge in [0.05, 0.1) is 39.6 Å². The summed E-state index contributed by atoms with van der Waals surface area (Å²) in [6, 6.07) is 0.779. The summed E-state index contributed by atoms with van der Waals surface area (Å²) in [5.41, 5.74) is -1.64. The summed E-state index contributed by atoms with van der Waals surface area (Å²) >= 11 is 0. The van der Waals surface area contributed by atoms with Crippen LogP contribution in [0.1, 0.15) is 48.7 Å². The number of carbonyl (C=O) groups is 2. The Morgan fingerprint density at radius 1 is 1.41 bits per heavy atom. The van der Waals surface area contributed by atoms with E-state index in [4.69, 9.17) is 4.74 Å². The molecule has 1 aliphatic heterocycles. The van der Waals surface area contributed by atoms with Crippen LogP contribution in [0.2, 0.25) is 0 Å². The molecule has 0 spiro atoms. The molecule has 136 valence electrons. The molecule has 7 nitrogen and oxygen atoms in total. The Balaban J connectivity index is 0.00000210. The number of pyridine rings is 1. The van der Waals surface area contributed by atoms with Crippen molar-refractivity contribution in [3.63, 3.8) is 0 Å². The number of hydrogen-bond acceptors (Lipinski definition) is 5. The Bertz CT molecular complexity index is 1040. The van der Waals surface area contributed by atoms with Gasteiger partial charge in [-0.3, -0.25) is 9.59 Å². The predicted molar refractivity (Wildman–Crippen MR) is 87.4 cm³/mol. The SMILES string of the molecule is CC(=O)NC1(c2c(F)cc3c(=O)c(C(=O)[O-])cn4c3c2OC[C@@H]4C)CC1.[K+]. The number of benzene rings is 1. The topological polar surface area (TPSA) is 100 Å². The van der Waals surface area contributed by atoms with Gasteiger partial charge in [-0.05, 0) is 25.8 Å². The van der Waals surface area contributed by atoms with Crippen LogP contribution in [-0.4, -0.2) is 23.1 Å². The zero-order valence-electron chi connectivity index (χ0n) is 15.2. The number of aromatic carboxylic acids is 1. The minimum Gasteiger partial charge on any atom is -0.545 e. The summed E-state index contributed by atoms with van der Waals surface area (Å²) in [5, 5.41) is 14.0. The number of halogens is 1. The maximum absolute atomic E-state index is 15.0. The molecule has 1 aliphatic carbocycles. The van der Waals surface area contributed by atoms with Gasteiger partial charge in [0.1, 0.15) is 12.4 Å². The van der Waals surface area contributed by atoms with Gasteiger partial charge in [-0.2, -0.15) is 0 Å². The van der Waals surface area contributed by atoms with Crippen molar-refractivity contribution >= 4 is 22.8 Å². The van der Waals surface area contributed by atoms with Crippen LogP contribution in [0.5, 0.6) is 5.75 Å². The van der Waals surface area contributed by atoms with E-state index >= 15 is 0 Å². The van der Waals surface area contributed by atoms with Crippen molar-refractivity contribution in [2.45, 2.75) is 38.3 Å². The van der Waals surface area contributed by atoms with Gasteiger partial charge in [-0.15, -0.1) is 0 Å². The van der Waals surface area contributed by atoms with E-state index in [1.54, 1.807) is 11.5 Å². The smallest absolute Gasteiger partial charge is 0.545 e. The zero-order chi connectivity index (χ0) is 18.8.